The molecule has 0 amide bonds. The Morgan fingerprint density at radius 1 is 1.37 bits per heavy atom. The highest BCUT2D eigenvalue weighted by Gasteiger charge is 2.05. The van der Waals surface area contributed by atoms with Gasteiger partial charge >= 0.3 is 5.97 Å². The molecule has 0 bridgehead atoms. The van der Waals surface area contributed by atoms with E-state index in [0.29, 0.717) is 12.0 Å². The number of carbonyl (C=O) groups excluding carboxylic acids is 2. The van der Waals surface area contributed by atoms with Crippen molar-refractivity contribution in [3.8, 4) is 0 Å². The Kier molecular flexibility index (Phi) is 6.62. The van der Waals surface area contributed by atoms with Gasteiger partial charge in [0, 0.05) is 5.57 Å². The number of hydrogen-bond acceptors (Lipinski definition) is 4. The molecule has 0 N–H and O–H groups in total. The van der Waals surface area contributed by atoms with Crippen LogP contribution in [-0.2, 0) is 14.3 Å². The number of nitrogens with zero attached hydrogens (tertiary/aromatic N) is 1. The van der Waals surface area contributed by atoms with Gasteiger partial charge in [-0.25, -0.2) is 14.6 Å². The molecule has 1 aromatic carbocycles. The van der Waals surface area contributed by atoms with Gasteiger partial charge in [-0.1, -0.05) is 49.1 Å². The quantitative estimate of drug-likeness (QED) is 0.248. The molecular formula is C15H15NO3. The van der Waals surface area contributed by atoms with Gasteiger partial charge in [-0.15, -0.1) is 0 Å². The Morgan fingerprint density at radius 2 is 2.11 bits per heavy atom. The Hall–Kier alpha value is -2.45. The van der Waals surface area contributed by atoms with Gasteiger partial charge in [0.1, 0.15) is 6.61 Å². The van der Waals surface area contributed by atoms with E-state index in [4.69, 9.17) is 4.74 Å². The molecule has 0 fully saturated rings. The maximum absolute atomic E-state index is 11.5. The number of isocyanates is 1. The number of rotatable bonds is 7. The van der Waals surface area contributed by atoms with Gasteiger partial charge in [-0.3, -0.25) is 0 Å². The van der Waals surface area contributed by atoms with Crippen molar-refractivity contribution >= 4 is 18.1 Å². The van der Waals surface area contributed by atoms with Crippen molar-refractivity contribution in [3.05, 3.63) is 54.1 Å². The monoisotopic (exact) mass is 257 g/mol. The molecule has 4 heteroatoms. The molecule has 19 heavy (non-hydrogen) atoms. The summed E-state index contributed by atoms with van der Waals surface area (Å²) in [5.41, 5.74) is 1.42. The molecule has 0 saturated heterocycles. The second-order valence-electron chi connectivity index (χ2n) is 3.73. The third-order valence-corrected chi connectivity index (χ3v) is 2.26. The van der Waals surface area contributed by atoms with E-state index in [9.17, 15) is 9.59 Å². The first-order valence-corrected chi connectivity index (χ1v) is 5.84. The van der Waals surface area contributed by atoms with Gasteiger partial charge in [0.25, 0.3) is 0 Å². The van der Waals surface area contributed by atoms with Crippen LogP contribution < -0.4 is 0 Å². The number of ether oxygens (including phenoxy) is 1. The lowest BCUT2D eigenvalue weighted by molar-refractivity contribution is -0.138. The third kappa shape index (κ3) is 6.15. The van der Waals surface area contributed by atoms with E-state index < -0.39 is 5.97 Å². The fourth-order valence-corrected chi connectivity index (χ4v) is 1.32. The number of hydrogen-bond donors (Lipinski definition) is 0. The summed E-state index contributed by atoms with van der Waals surface area (Å²) in [5, 5.41) is 0. The van der Waals surface area contributed by atoms with E-state index in [1.165, 1.54) is 6.08 Å². The highest BCUT2D eigenvalue weighted by molar-refractivity contribution is 5.88. The van der Waals surface area contributed by atoms with Crippen LogP contribution in [0.25, 0.3) is 6.08 Å². The van der Waals surface area contributed by atoms with E-state index >= 15 is 0 Å². The predicted octanol–water partition coefficient (Wildman–Crippen LogP) is 2.53. The molecule has 0 aliphatic rings. The van der Waals surface area contributed by atoms with Gasteiger partial charge in [-0.05, 0) is 12.0 Å². The molecule has 1 aromatic rings. The molecule has 0 atom stereocenters. The summed E-state index contributed by atoms with van der Waals surface area (Å²) in [7, 11) is 0. The zero-order valence-electron chi connectivity index (χ0n) is 10.5. The van der Waals surface area contributed by atoms with Crippen molar-refractivity contribution in [1.29, 1.82) is 0 Å². The van der Waals surface area contributed by atoms with Gasteiger partial charge in [0.05, 0.1) is 6.54 Å². The SMILES string of the molecule is C=C(CC=Cc1ccccc1)C(=O)OCCN=C=O. The lowest BCUT2D eigenvalue weighted by Crippen LogP contribution is -2.09. The summed E-state index contributed by atoms with van der Waals surface area (Å²) in [6.07, 6.45) is 5.56. The molecule has 0 unspecified atom stereocenters. The third-order valence-electron chi connectivity index (χ3n) is 2.26. The average Bonchev–Trinajstić information content (AvgIpc) is 2.44. The van der Waals surface area contributed by atoms with Crippen molar-refractivity contribution in [3.63, 3.8) is 0 Å². The maximum Gasteiger partial charge on any atom is 0.333 e. The minimum Gasteiger partial charge on any atom is -0.460 e. The van der Waals surface area contributed by atoms with Crippen LogP contribution in [0, 0.1) is 0 Å². The first-order chi connectivity index (χ1) is 9.24. The zero-order valence-corrected chi connectivity index (χ0v) is 10.5. The van der Waals surface area contributed by atoms with Gasteiger partial charge < -0.3 is 4.74 Å². The number of allylic oxidation sites excluding steroid dienone is 1. The zero-order chi connectivity index (χ0) is 13.9. The molecule has 4 nitrogen and oxygen atoms in total. The lowest BCUT2D eigenvalue weighted by atomic mass is 10.1. The number of carbonyl (C=O) groups is 1. The number of esters is 1. The van der Waals surface area contributed by atoms with Crippen molar-refractivity contribution in [2.75, 3.05) is 13.2 Å². The highest BCUT2D eigenvalue weighted by Crippen LogP contribution is 2.06. The number of benzene rings is 1. The smallest absolute Gasteiger partial charge is 0.333 e. The fourth-order valence-electron chi connectivity index (χ4n) is 1.32. The second kappa shape index (κ2) is 8.61. The Balaban J connectivity index is 2.32. The molecule has 0 spiro atoms. The molecule has 98 valence electrons. The van der Waals surface area contributed by atoms with E-state index in [2.05, 4.69) is 11.6 Å². The topological polar surface area (TPSA) is 55.7 Å². The molecule has 0 saturated carbocycles. The van der Waals surface area contributed by atoms with Crippen LogP contribution in [0.5, 0.6) is 0 Å². The van der Waals surface area contributed by atoms with Crippen LogP contribution in [0.4, 0.5) is 0 Å². The largest absolute Gasteiger partial charge is 0.460 e. The molecule has 0 aromatic heterocycles. The molecule has 0 aliphatic heterocycles. The molecular weight excluding hydrogens is 242 g/mol. The summed E-state index contributed by atoms with van der Waals surface area (Å²) in [5.74, 6) is -0.473. The van der Waals surface area contributed by atoms with E-state index in [-0.39, 0.29) is 13.2 Å². The Morgan fingerprint density at radius 3 is 2.79 bits per heavy atom. The van der Waals surface area contributed by atoms with E-state index in [1.807, 2.05) is 42.5 Å². The summed E-state index contributed by atoms with van der Waals surface area (Å²) >= 11 is 0. The molecule has 0 aliphatic carbocycles. The summed E-state index contributed by atoms with van der Waals surface area (Å²) in [6, 6.07) is 9.76. The van der Waals surface area contributed by atoms with Crippen LogP contribution in [0.1, 0.15) is 12.0 Å². The first-order valence-electron chi connectivity index (χ1n) is 5.84. The lowest BCUT2D eigenvalue weighted by Gasteiger charge is -2.03. The Bertz CT molecular complexity index is 499. The minimum absolute atomic E-state index is 0.0650. The van der Waals surface area contributed by atoms with Gasteiger partial charge in [-0.2, -0.15) is 0 Å². The van der Waals surface area contributed by atoms with Crippen LogP contribution in [-0.4, -0.2) is 25.2 Å². The number of aliphatic imine (C=N–C) groups is 1. The first kappa shape index (κ1) is 14.6. The van der Waals surface area contributed by atoms with Crippen molar-refractivity contribution < 1.29 is 14.3 Å². The van der Waals surface area contributed by atoms with Crippen LogP contribution in [0.15, 0.2) is 53.6 Å². The van der Waals surface area contributed by atoms with E-state index in [1.54, 1.807) is 0 Å². The van der Waals surface area contributed by atoms with Crippen molar-refractivity contribution in [2.24, 2.45) is 4.99 Å². The van der Waals surface area contributed by atoms with Crippen LogP contribution in [0.2, 0.25) is 0 Å². The summed E-state index contributed by atoms with van der Waals surface area (Å²) in [4.78, 5) is 24.5. The summed E-state index contributed by atoms with van der Waals surface area (Å²) < 4.78 is 4.86. The molecule has 1 rings (SSSR count). The summed E-state index contributed by atoms with van der Waals surface area (Å²) in [6.45, 7) is 3.84. The average molecular weight is 257 g/mol. The minimum atomic E-state index is -0.473. The van der Waals surface area contributed by atoms with Gasteiger partial charge in [0.2, 0.25) is 6.08 Å². The fraction of sp³-hybridized carbons (Fsp3) is 0.200. The Labute approximate surface area is 112 Å². The predicted molar refractivity (Wildman–Crippen MR) is 73.2 cm³/mol. The van der Waals surface area contributed by atoms with Gasteiger partial charge in [0.15, 0.2) is 0 Å². The normalized spacial score (nSPS) is 9.89. The highest BCUT2D eigenvalue weighted by atomic mass is 16.5. The molecule has 0 heterocycles. The standard InChI is InChI=1S/C15H15NO3/c1-13(15(18)19-11-10-16-12-17)6-5-9-14-7-3-2-4-8-14/h2-5,7-9H,1,6,10-11H2. The van der Waals surface area contributed by atoms with E-state index in [0.717, 1.165) is 5.56 Å². The van der Waals surface area contributed by atoms with Crippen LogP contribution in [0.3, 0.4) is 0 Å². The van der Waals surface area contributed by atoms with Crippen LogP contribution >= 0.6 is 0 Å². The molecule has 0 radical (unpaired) electrons. The maximum atomic E-state index is 11.5. The second-order valence-corrected chi connectivity index (χ2v) is 3.73. The van der Waals surface area contributed by atoms with Crippen molar-refractivity contribution in [1.82, 2.24) is 0 Å². The van der Waals surface area contributed by atoms with Crippen molar-refractivity contribution in [2.45, 2.75) is 6.42 Å².